The van der Waals surface area contributed by atoms with Gasteiger partial charge in [-0.2, -0.15) is 8.42 Å². The molecule has 0 aromatic heterocycles. The lowest BCUT2D eigenvalue weighted by Crippen LogP contribution is -2.04. The van der Waals surface area contributed by atoms with Crippen LogP contribution in [0, 0.1) is 0 Å². The van der Waals surface area contributed by atoms with Crippen LogP contribution in [-0.2, 0) is 14.6 Å². The lowest BCUT2D eigenvalue weighted by molar-refractivity contribution is 0.110. The topological polar surface area (TPSA) is 104 Å². The molecule has 0 heterocycles. The second-order valence-corrected chi connectivity index (χ2v) is 3.73. The van der Waals surface area contributed by atoms with E-state index >= 15 is 0 Å². The summed E-state index contributed by atoms with van der Waals surface area (Å²) in [6.07, 6.45) is 0.921. The maximum absolute atomic E-state index is 9.84. The molecule has 6 nitrogen and oxygen atoms in total. The van der Waals surface area contributed by atoms with Crippen molar-refractivity contribution in [3.63, 3.8) is 0 Å². The number of unbranched alkanes of at least 4 members (excludes halogenated alkanes) is 1. The van der Waals surface area contributed by atoms with Crippen molar-refractivity contribution in [3.05, 3.63) is 0 Å². The fraction of sp³-hybridized carbons (Fsp3) is 1.00. The lowest BCUT2D eigenvalue weighted by atomic mass is 10.4. The Kier molecular flexibility index (Phi) is 10.8. The molecule has 0 radical (unpaired) electrons. The Morgan fingerprint density at radius 1 is 1.43 bits per heavy atom. The minimum absolute atomic E-state index is 0.0648. The Hall–Kier alpha value is -0.210. The van der Waals surface area contributed by atoms with Crippen molar-refractivity contribution in [2.75, 3.05) is 13.2 Å². The van der Waals surface area contributed by atoms with Crippen molar-refractivity contribution >= 4 is 10.4 Å². The summed E-state index contributed by atoms with van der Waals surface area (Å²) in [4.78, 5) is 0. The Labute approximate surface area is 84.5 Å². The van der Waals surface area contributed by atoms with Crippen LogP contribution in [0.1, 0.15) is 26.7 Å². The molecule has 0 aliphatic heterocycles. The predicted molar refractivity (Wildman–Crippen MR) is 51.2 cm³/mol. The number of hydrogen-bond donors (Lipinski definition) is 3. The van der Waals surface area contributed by atoms with Crippen molar-refractivity contribution < 1.29 is 27.4 Å². The van der Waals surface area contributed by atoms with Gasteiger partial charge in [0.25, 0.3) is 0 Å². The van der Waals surface area contributed by atoms with Crippen LogP contribution in [0.5, 0.6) is 0 Å². The highest BCUT2D eigenvalue weighted by Gasteiger charge is 2.00. The number of hydrogen-bond acceptors (Lipinski definition) is 5. The van der Waals surface area contributed by atoms with E-state index in [1.807, 2.05) is 6.92 Å². The van der Waals surface area contributed by atoms with Crippen molar-refractivity contribution in [1.82, 2.24) is 0 Å². The quantitative estimate of drug-likeness (QED) is 0.452. The van der Waals surface area contributed by atoms with Crippen molar-refractivity contribution in [1.29, 1.82) is 0 Å². The maximum Gasteiger partial charge on any atom is 0.397 e. The first kappa shape index (κ1) is 16.2. The van der Waals surface area contributed by atoms with Gasteiger partial charge in [-0.3, -0.25) is 4.55 Å². The van der Waals surface area contributed by atoms with Crippen LogP contribution in [0.4, 0.5) is 0 Å². The second-order valence-electron chi connectivity index (χ2n) is 2.63. The number of aliphatic hydroxyl groups excluding tert-OH is 2. The molecule has 0 saturated carbocycles. The molecule has 0 aliphatic rings. The average Bonchev–Trinajstić information content (AvgIpc) is 2.04. The minimum Gasteiger partial charge on any atom is -0.394 e. The molecule has 7 heteroatoms. The summed E-state index contributed by atoms with van der Waals surface area (Å²) in [6.45, 7) is 3.35. The molecule has 0 amide bonds. The molecule has 14 heavy (non-hydrogen) atoms. The van der Waals surface area contributed by atoms with Gasteiger partial charge in [-0.25, -0.2) is 4.18 Å². The molecule has 0 fully saturated rings. The van der Waals surface area contributed by atoms with E-state index in [0.717, 1.165) is 6.42 Å². The third-order valence-corrected chi connectivity index (χ3v) is 1.46. The summed E-state index contributed by atoms with van der Waals surface area (Å²) in [7, 11) is -4.20. The Bertz CT molecular complexity index is 198. The molecule has 0 aliphatic carbocycles. The van der Waals surface area contributed by atoms with Gasteiger partial charge in [-0.05, 0) is 13.3 Å². The lowest BCUT2D eigenvalue weighted by Gasteiger charge is -1.95. The van der Waals surface area contributed by atoms with E-state index in [4.69, 9.17) is 14.8 Å². The van der Waals surface area contributed by atoms with Crippen molar-refractivity contribution in [2.24, 2.45) is 0 Å². The smallest absolute Gasteiger partial charge is 0.394 e. The van der Waals surface area contributed by atoms with E-state index in [9.17, 15) is 8.42 Å². The first-order chi connectivity index (χ1) is 6.33. The highest BCUT2D eigenvalue weighted by molar-refractivity contribution is 7.80. The van der Waals surface area contributed by atoms with E-state index in [-0.39, 0.29) is 13.2 Å². The predicted octanol–water partition coefficient (Wildman–Crippen LogP) is -0.0346. The van der Waals surface area contributed by atoms with Gasteiger partial charge < -0.3 is 10.2 Å². The molecule has 0 aromatic carbocycles. The highest BCUT2D eigenvalue weighted by atomic mass is 32.3. The van der Waals surface area contributed by atoms with E-state index in [1.54, 1.807) is 0 Å². The molecule has 1 unspecified atom stereocenters. The Morgan fingerprint density at radius 3 is 2.07 bits per heavy atom. The zero-order valence-corrected chi connectivity index (χ0v) is 9.20. The summed E-state index contributed by atoms with van der Waals surface area (Å²) in [5.41, 5.74) is 0. The monoisotopic (exact) mass is 230 g/mol. The van der Waals surface area contributed by atoms with Crippen LogP contribution in [0.2, 0.25) is 0 Å². The van der Waals surface area contributed by atoms with Gasteiger partial charge in [0.05, 0.1) is 19.3 Å². The van der Waals surface area contributed by atoms with Gasteiger partial charge in [0, 0.05) is 0 Å². The van der Waals surface area contributed by atoms with Gasteiger partial charge in [0.15, 0.2) is 0 Å². The molecule has 0 aromatic rings. The van der Waals surface area contributed by atoms with Gasteiger partial charge >= 0.3 is 10.4 Å². The van der Waals surface area contributed by atoms with Gasteiger partial charge in [0.1, 0.15) is 0 Å². The summed E-state index contributed by atoms with van der Waals surface area (Å²) < 4.78 is 31.7. The van der Waals surface area contributed by atoms with Crippen LogP contribution in [-0.4, -0.2) is 42.5 Å². The van der Waals surface area contributed by atoms with E-state index in [1.165, 1.54) is 6.92 Å². The van der Waals surface area contributed by atoms with Gasteiger partial charge in [0.2, 0.25) is 0 Å². The fourth-order valence-electron chi connectivity index (χ4n) is 0.309. The van der Waals surface area contributed by atoms with E-state index in [0.29, 0.717) is 6.42 Å². The average molecular weight is 230 g/mol. The first-order valence-electron chi connectivity index (χ1n) is 4.24. The minimum atomic E-state index is -4.20. The fourth-order valence-corrected chi connectivity index (χ4v) is 0.637. The molecular formula is C7H18O6S. The standard InChI is InChI=1S/C4H10O4S.C3H8O2/c1-2-3-4-8-9(5,6)7;1-3(5)2-4/h2-4H2,1H3,(H,5,6,7);3-5H,2H2,1H3. The summed E-state index contributed by atoms with van der Waals surface area (Å²) in [5.74, 6) is 0. The zero-order chi connectivity index (χ0) is 11.6. The number of aliphatic hydroxyl groups is 2. The van der Waals surface area contributed by atoms with Crippen molar-refractivity contribution in [2.45, 2.75) is 32.8 Å². The van der Waals surface area contributed by atoms with Gasteiger partial charge in [-0.1, -0.05) is 13.3 Å². The van der Waals surface area contributed by atoms with E-state index < -0.39 is 16.5 Å². The largest absolute Gasteiger partial charge is 0.397 e. The Balaban J connectivity index is 0. The third kappa shape index (κ3) is 22.6. The third-order valence-electron chi connectivity index (χ3n) is 0.994. The SMILES string of the molecule is CC(O)CO.CCCCOS(=O)(=O)O. The zero-order valence-electron chi connectivity index (χ0n) is 8.38. The molecule has 1 atom stereocenters. The van der Waals surface area contributed by atoms with E-state index in [2.05, 4.69) is 4.18 Å². The van der Waals surface area contributed by atoms with Crippen molar-refractivity contribution in [3.8, 4) is 0 Å². The molecule has 3 N–H and O–H groups in total. The summed E-state index contributed by atoms with van der Waals surface area (Å²) in [6, 6.07) is 0. The molecular weight excluding hydrogens is 212 g/mol. The van der Waals surface area contributed by atoms with Crippen LogP contribution >= 0.6 is 0 Å². The summed E-state index contributed by atoms with van der Waals surface area (Å²) in [5, 5.41) is 16.0. The van der Waals surface area contributed by atoms with Gasteiger partial charge in [-0.15, -0.1) is 0 Å². The first-order valence-corrected chi connectivity index (χ1v) is 5.60. The molecule has 0 bridgehead atoms. The normalized spacial score (nSPS) is 12.9. The van der Waals surface area contributed by atoms with Crippen LogP contribution < -0.4 is 0 Å². The molecule has 88 valence electrons. The van der Waals surface area contributed by atoms with Crippen LogP contribution in [0.3, 0.4) is 0 Å². The maximum atomic E-state index is 9.84. The number of rotatable bonds is 5. The highest BCUT2D eigenvalue weighted by Crippen LogP contribution is 1.91. The van der Waals surface area contributed by atoms with Crippen LogP contribution in [0.15, 0.2) is 0 Å². The Morgan fingerprint density at radius 2 is 1.86 bits per heavy atom. The van der Waals surface area contributed by atoms with Crippen LogP contribution in [0.25, 0.3) is 0 Å². The molecule has 0 rings (SSSR count). The summed E-state index contributed by atoms with van der Waals surface area (Å²) >= 11 is 0. The molecule has 0 spiro atoms. The second kappa shape index (κ2) is 9.35. The molecule has 0 saturated heterocycles.